The number of rotatable bonds is 3. The molecule has 0 unspecified atom stereocenters. The smallest absolute Gasteiger partial charge is 0.270 e. The Bertz CT molecular complexity index is 1240. The summed E-state index contributed by atoms with van der Waals surface area (Å²) in [4.78, 5) is 41.1. The van der Waals surface area contributed by atoms with Crippen molar-refractivity contribution in [3.63, 3.8) is 0 Å². The van der Waals surface area contributed by atoms with E-state index in [1.165, 1.54) is 0 Å². The first-order valence-corrected chi connectivity index (χ1v) is 10.6. The topological polar surface area (TPSA) is 82.2 Å². The van der Waals surface area contributed by atoms with Crippen molar-refractivity contribution in [1.82, 2.24) is 24.8 Å². The Kier molecular flexibility index (Phi) is 5.15. The van der Waals surface area contributed by atoms with Gasteiger partial charge in [0.15, 0.2) is 0 Å². The van der Waals surface area contributed by atoms with Crippen molar-refractivity contribution in [2.45, 2.75) is 6.92 Å². The number of nitrogens with zero attached hydrogens (tertiary/aromatic N) is 4. The van der Waals surface area contributed by atoms with Crippen molar-refractivity contribution in [1.29, 1.82) is 0 Å². The molecular weight excluding hydrogens is 402 g/mol. The second kappa shape index (κ2) is 8.26. The van der Waals surface area contributed by atoms with Crippen molar-refractivity contribution < 1.29 is 9.59 Å². The maximum Gasteiger partial charge on any atom is 0.270 e. The lowest BCUT2D eigenvalue weighted by atomic mass is 10.0. The summed E-state index contributed by atoms with van der Waals surface area (Å²) in [6, 6.07) is 17.2. The summed E-state index contributed by atoms with van der Waals surface area (Å²) < 4.78 is 0. The van der Waals surface area contributed by atoms with Crippen molar-refractivity contribution in [2.75, 3.05) is 26.2 Å². The second-order valence-corrected chi connectivity index (χ2v) is 7.97. The Morgan fingerprint density at radius 2 is 1.53 bits per heavy atom. The molecular formula is C25H23N5O2. The van der Waals surface area contributed by atoms with Crippen LogP contribution in [0.5, 0.6) is 0 Å². The number of H-pyrrole nitrogens is 1. The number of fused-ring (bicyclic) bond motifs is 1. The highest BCUT2D eigenvalue weighted by Gasteiger charge is 2.26. The minimum absolute atomic E-state index is 0.0134. The molecule has 1 aliphatic rings. The van der Waals surface area contributed by atoms with Crippen LogP contribution < -0.4 is 0 Å². The number of aromatic nitrogens is 3. The van der Waals surface area contributed by atoms with Gasteiger partial charge in [0.25, 0.3) is 11.8 Å². The molecule has 1 aliphatic heterocycles. The summed E-state index contributed by atoms with van der Waals surface area (Å²) in [6.45, 7) is 3.97. The van der Waals surface area contributed by atoms with E-state index in [1.54, 1.807) is 16.0 Å². The van der Waals surface area contributed by atoms with Crippen molar-refractivity contribution in [3.05, 3.63) is 83.9 Å². The second-order valence-electron chi connectivity index (χ2n) is 7.97. The molecule has 0 atom stereocenters. The number of amides is 2. The molecule has 1 saturated heterocycles. The van der Waals surface area contributed by atoms with Crippen LogP contribution in [0.25, 0.3) is 22.2 Å². The Morgan fingerprint density at radius 1 is 0.844 bits per heavy atom. The molecule has 3 aromatic heterocycles. The van der Waals surface area contributed by atoms with E-state index in [2.05, 4.69) is 15.0 Å². The molecule has 1 fully saturated rings. The van der Waals surface area contributed by atoms with Gasteiger partial charge in [-0.15, -0.1) is 0 Å². The number of pyridine rings is 2. The van der Waals surface area contributed by atoms with Gasteiger partial charge in [-0.3, -0.25) is 14.6 Å². The number of hydrogen-bond acceptors (Lipinski definition) is 4. The zero-order valence-electron chi connectivity index (χ0n) is 17.8. The lowest BCUT2D eigenvalue weighted by Gasteiger charge is -2.34. The van der Waals surface area contributed by atoms with E-state index >= 15 is 0 Å². The molecule has 0 saturated carbocycles. The van der Waals surface area contributed by atoms with Gasteiger partial charge >= 0.3 is 0 Å². The maximum atomic E-state index is 13.0. The van der Waals surface area contributed by atoms with Gasteiger partial charge in [0.2, 0.25) is 0 Å². The van der Waals surface area contributed by atoms with Crippen LogP contribution in [0.2, 0.25) is 0 Å². The molecule has 0 spiro atoms. The Labute approximate surface area is 185 Å². The van der Waals surface area contributed by atoms with Crippen molar-refractivity contribution in [2.24, 2.45) is 0 Å². The predicted octanol–water partition coefficient (Wildman–Crippen LogP) is 3.53. The number of carbonyl (C=O) groups is 2. The Morgan fingerprint density at radius 3 is 2.19 bits per heavy atom. The highest BCUT2D eigenvalue weighted by Crippen LogP contribution is 2.20. The maximum absolute atomic E-state index is 13.0. The fraction of sp³-hybridized carbons (Fsp3) is 0.200. The summed E-state index contributed by atoms with van der Waals surface area (Å²) in [7, 11) is 0. The van der Waals surface area contributed by atoms with Crippen LogP contribution in [0.3, 0.4) is 0 Å². The van der Waals surface area contributed by atoms with E-state index in [0.29, 0.717) is 43.1 Å². The van der Waals surface area contributed by atoms with Gasteiger partial charge in [0.05, 0.1) is 0 Å². The van der Waals surface area contributed by atoms with Crippen molar-refractivity contribution in [3.8, 4) is 11.1 Å². The first-order valence-electron chi connectivity index (χ1n) is 10.6. The number of benzene rings is 1. The van der Waals surface area contributed by atoms with Crippen LogP contribution in [0.4, 0.5) is 0 Å². The number of aryl methyl sites for hydroxylation is 1. The third kappa shape index (κ3) is 3.85. The summed E-state index contributed by atoms with van der Waals surface area (Å²) in [5, 5.41) is 0.912. The lowest BCUT2D eigenvalue weighted by Crippen LogP contribution is -2.50. The van der Waals surface area contributed by atoms with Crippen LogP contribution in [-0.2, 0) is 0 Å². The summed E-state index contributed by atoms with van der Waals surface area (Å²) >= 11 is 0. The minimum Gasteiger partial charge on any atom is -0.335 e. The molecule has 2 amide bonds. The number of aromatic amines is 1. The number of hydrogen-bond donors (Lipinski definition) is 1. The molecule has 0 bridgehead atoms. The molecule has 160 valence electrons. The predicted molar refractivity (Wildman–Crippen MR) is 122 cm³/mol. The number of nitrogens with one attached hydrogen (secondary N) is 1. The summed E-state index contributed by atoms with van der Waals surface area (Å²) in [5.74, 6) is -0.0772. The fourth-order valence-corrected chi connectivity index (χ4v) is 3.98. The third-order valence-electron chi connectivity index (χ3n) is 5.85. The van der Waals surface area contributed by atoms with Gasteiger partial charge in [0.1, 0.15) is 11.3 Å². The normalized spacial score (nSPS) is 14.0. The highest BCUT2D eigenvalue weighted by atomic mass is 16.2. The van der Waals surface area contributed by atoms with E-state index < -0.39 is 0 Å². The Hall–Kier alpha value is -4.00. The van der Waals surface area contributed by atoms with Gasteiger partial charge in [-0.1, -0.05) is 18.2 Å². The van der Waals surface area contributed by atoms with E-state index in [4.69, 9.17) is 0 Å². The van der Waals surface area contributed by atoms with Crippen LogP contribution in [0, 0.1) is 6.92 Å². The Balaban J connectivity index is 1.22. The van der Waals surface area contributed by atoms with Crippen LogP contribution in [0.1, 0.15) is 26.5 Å². The molecule has 1 aromatic carbocycles. The molecule has 4 aromatic rings. The van der Waals surface area contributed by atoms with Gasteiger partial charge in [-0.25, -0.2) is 4.98 Å². The molecule has 1 N–H and O–H groups in total. The first-order chi connectivity index (χ1) is 15.6. The molecule has 7 heteroatoms. The quantitative estimate of drug-likeness (QED) is 0.544. The number of carbonyl (C=O) groups excluding carboxylic acids is 2. The fourth-order valence-electron chi connectivity index (χ4n) is 3.98. The average Bonchev–Trinajstić information content (AvgIpc) is 3.28. The summed E-state index contributed by atoms with van der Waals surface area (Å²) in [5.41, 5.74) is 4.90. The van der Waals surface area contributed by atoms with Gasteiger partial charge in [0, 0.05) is 60.8 Å². The molecule has 0 aliphatic carbocycles. The van der Waals surface area contributed by atoms with E-state index in [-0.39, 0.29) is 11.8 Å². The van der Waals surface area contributed by atoms with E-state index in [1.807, 2.05) is 67.7 Å². The van der Waals surface area contributed by atoms with Crippen LogP contribution in [-0.4, -0.2) is 62.7 Å². The highest BCUT2D eigenvalue weighted by molar-refractivity contribution is 5.98. The molecule has 4 heterocycles. The number of piperazine rings is 1. The van der Waals surface area contributed by atoms with Crippen LogP contribution in [0.15, 0.2) is 67.0 Å². The molecule has 5 rings (SSSR count). The zero-order valence-corrected chi connectivity index (χ0v) is 17.8. The van der Waals surface area contributed by atoms with Crippen LogP contribution >= 0.6 is 0 Å². The molecule has 0 radical (unpaired) electrons. The third-order valence-corrected chi connectivity index (χ3v) is 5.85. The lowest BCUT2D eigenvalue weighted by molar-refractivity contribution is 0.0533. The van der Waals surface area contributed by atoms with E-state index in [9.17, 15) is 9.59 Å². The average molecular weight is 425 g/mol. The molecule has 7 nitrogen and oxygen atoms in total. The van der Waals surface area contributed by atoms with Gasteiger partial charge in [-0.05, 0) is 48.9 Å². The molecule has 32 heavy (non-hydrogen) atoms. The summed E-state index contributed by atoms with van der Waals surface area (Å²) in [6.07, 6.45) is 3.54. The SMILES string of the molecule is Cc1ccc(-c2ccc(C(=O)N3CCN(C(=O)c4cc5cccnc5[nH]4)CC3)cc2)cn1. The zero-order chi connectivity index (χ0) is 22.1. The van der Waals surface area contributed by atoms with E-state index in [0.717, 1.165) is 22.2 Å². The standard InChI is InChI=1S/C25H23N5O2/c1-17-4-5-21(16-27-17)18-6-8-19(9-7-18)24(31)29-11-13-30(14-12-29)25(32)22-15-20-3-2-10-26-23(20)28-22/h2-10,15-16H,11-14H2,1H3,(H,26,28). The van der Waals surface area contributed by atoms with Crippen molar-refractivity contribution >= 4 is 22.8 Å². The largest absolute Gasteiger partial charge is 0.335 e. The van der Waals surface area contributed by atoms with Gasteiger partial charge in [-0.2, -0.15) is 0 Å². The minimum atomic E-state index is -0.0637. The monoisotopic (exact) mass is 425 g/mol. The van der Waals surface area contributed by atoms with Gasteiger partial charge < -0.3 is 14.8 Å². The first kappa shape index (κ1) is 19.9.